The molecule has 1 N–H and O–H groups in total. The predicted octanol–water partition coefficient (Wildman–Crippen LogP) is 0.446. The number of carbonyl (C=O) groups is 1. The van der Waals surface area contributed by atoms with Gasteiger partial charge in [-0.15, -0.1) is 0 Å². The average molecular weight is 292 g/mol. The molecule has 0 atom stereocenters. The topological polar surface area (TPSA) is 48.1 Å². The Morgan fingerprint density at radius 3 is 2.95 bits per heavy atom. The normalized spacial score (nSPS) is 23.5. The van der Waals surface area contributed by atoms with E-state index >= 15 is 0 Å². The number of carbonyl (C=O) groups excluding carboxylic acids is 1. The summed E-state index contributed by atoms with van der Waals surface area (Å²) in [6.07, 6.45) is 7.25. The number of nitrogens with one attached hydrogen (secondary N) is 1. The second-order valence-corrected chi connectivity index (χ2v) is 5.89. The molecular formula is C15H24N4O2. The van der Waals surface area contributed by atoms with E-state index in [1.54, 1.807) is 0 Å². The molecule has 0 saturated carbocycles. The lowest BCUT2D eigenvalue weighted by Gasteiger charge is -2.41. The number of ether oxygens (including phenoxy) is 1. The van der Waals surface area contributed by atoms with Gasteiger partial charge in [0, 0.05) is 39.4 Å². The molecule has 6 nitrogen and oxygen atoms in total. The quantitative estimate of drug-likeness (QED) is 0.802. The highest BCUT2D eigenvalue weighted by molar-refractivity contribution is 5.75. The second-order valence-electron chi connectivity index (χ2n) is 5.89. The first-order valence-corrected chi connectivity index (χ1v) is 7.72. The third-order valence-electron chi connectivity index (χ3n) is 4.06. The summed E-state index contributed by atoms with van der Waals surface area (Å²) in [4.78, 5) is 18.3. The molecule has 6 heteroatoms. The van der Waals surface area contributed by atoms with Crippen molar-refractivity contribution in [3.8, 4) is 0 Å². The first-order chi connectivity index (χ1) is 10.2. The SMILES string of the molecule is CN1C=C(OC2CN(C(=O)N3CCCNCC3)C2)C=CC1. The van der Waals surface area contributed by atoms with Crippen LogP contribution in [-0.4, -0.2) is 79.7 Å². The Kier molecular flexibility index (Phi) is 4.34. The van der Waals surface area contributed by atoms with E-state index < -0.39 is 0 Å². The summed E-state index contributed by atoms with van der Waals surface area (Å²) in [7, 11) is 2.02. The minimum absolute atomic E-state index is 0.126. The molecule has 0 aliphatic carbocycles. The molecule has 3 aliphatic heterocycles. The molecule has 0 bridgehead atoms. The van der Waals surface area contributed by atoms with E-state index in [0.29, 0.717) is 13.1 Å². The summed E-state index contributed by atoms with van der Waals surface area (Å²) in [5, 5.41) is 3.32. The molecule has 0 unspecified atom stereocenters. The Morgan fingerprint density at radius 1 is 1.29 bits per heavy atom. The maximum Gasteiger partial charge on any atom is 0.320 e. The van der Waals surface area contributed by atoms with E-state index in [1.165, 1.54) is 0 Å². The maximum atomic E-state index is 12.4. The van der Waals surface area contributed by atoms with E-state index in [1.807, 2.05) is 29.1 Å². The zero-order valence-electron chi connectivity index (χ0n) is 12.6. The van der Waals surface area contributed by atoms with Gasteiger partial charge >= 0.3 is 6.03 Å². The highest BCUT2D eigenvalue weighted by Crippen LogP contribution is 2.19. The molecule has 0 spiro atoms. The Labute approximate surface area is 126 Å². The molecule has 0 aromatic carbocycles. The molecule has 3 aliphatic rings. The molecule has 0 aromatic rings. The summed E-state index contributed by atoms with van der Waals surface area (Å²) in [5.74, 6) is 0.889. The Hall–Kier alpha value is -1.69. The molecule has 3 heterocycles. The van der Waals surface area contributed by atoms with Crippen molar-refractivity contribution in [2.75, 3.05) is 52.9 Å². The van der Waals surface area contributed by atoms with E-state index in [-0.39, 0.29) is 12.1 Å². The smallest absolute Gasteiger partial charge is 0.320 e. The Balaban J connectivity index is 1.44. The number of nitrogens with zero attached hydrogens (tertiary/aromatic N) is 3. The Bertz CT molecular complexity index is 435. The number of hydrogen-bond donors (Lipinski definition) is 1. The second kappa shape index (κ2) is 6.39. The number of likely N-dealkylation sites (tertiary alicyclic amines) is 1. The van der Waals surface area contributed by atoms with Crippen molar-refractivity contribution in [3.63, 3.8) is 0 Å². The molecule has 2 amide bonds. The number of amides is 2. The predicted molar refractivity (Wildman–Crippen MR) is 80.8 cm³/mol. The van der Waals surface area contributed by atoms with E-state index in [9.17, 15) is 4.79 Å². The van der Waals surface area contributed by atoms with Crippen LogP contribution in [-0.2, 0) is 4.74 Å². The van der Waals surface area contributed by atoms with Crippen molar-refractivity contribution in [2.45, 2.75) is 12.5 Å². The van der Waals surface area contributed by atoms with Gasteiger partial charge in [-0.1, -0.05) is 6.08 Å². The zero-order valence-corrected chi connectivity index (χ0v) is 12.6. The highest BCUT2D eigenvalue weighted by atomic mass is 16.5. The minimum atomic E-state index is 0.126. The fourth-order valence-corrected chi connectivity index (χ4v) is 2.82. The summed E-state index contributed by atoms with van der Waals surface area (Å²) < 4.78 is 5.90. The van der Waals surface area contributed by atoms with Gasteiger partial charge in [-0.25, -0.2) is 4.79 Å². The van der Waals surface area contributed by atoms with Gasteiger partial charge < -0.3 is 24.8 Å². The van der Waals surface area contributed by atoms with Crippen LogP contribution < -0.4 is 5.32 Å². The van der Waals surface area contributed by atoms with Crippen LogP contribution in [0.15, 0.2) is 24.1 Å². The zero-order chi connectivity index (χ0) is 14.7. The van der Waals surface area contributed by atoms with Gasteiger partial charge in [-0.2, -0.15) is 0 Å². The van der Waals surface area contributed by atoms with Gasteiger partial charge in [0.15, 0.2) is 0 Å². The van der Waals surface area contributed by atoms with Crippen LogP contribution in [0.5, 0.6) is 0 Å². The van der Waals surface area contributed by atoms with Crippen LogP contribution in [0.25, 0.3) is 0 Å². The van der Waals surface area contributed by atoms with Crippen LogP contribution in [0, 0.1) is 0 Å². The van der Waals surface area contributed by atoms with Crippen LogP contribution >= 0.6 is 0 Å². The largest absolute Gasteiger partial charge is 0.485 e. The summed E-state index contributed by atoms with van der Waals surface area (Å²) in [5.41, 5.74) is 0. The first kappa shape index (κ1) is 14.3. The van der Waals surface area contributed by atoms with E-state index in [4.69, 9.17) is 4.74 Å². The Morgan fingerprint density at radius 2 is 2.14 bits per heavy atom. The molecule has 0 radical (unpaired) electrons. The maximum absolute atomic E-state index is 12.4. The lowest BCUT2D eigenvalue weighted by Crippen LogP contribution is -2.58. The lowest BCUT2D eigenvalue weighted by molar-refractivity contribution is -0.00524. The molecule has 2 saturated heterocycles. The number of rotatable bonds is 2. The van der Waals surface area contributed by atoms with Crippen molar-refractivity contribution in [1.29, 1.82) is 0 Å². The average Bonchev–Trinajstić information content (AvgIpc) is 2.71. The standard InChI is InChI=1S/C15H24N4O2/c1-17-7-2-4-13(10-17)21-14-11-19(12-14)15(20)18-8-3-5-16-6-9-18/h2,4,10,14,16H,3,5-9,11-12H2,1H3. The van der Waals surface area contributed by atoms with Gasteiger partial charge in [0.25, 0.3) is 0 Å². The van der Waals surface area contributed by atoms with Crippen molar-refractivity contribution in [3.05, 3.63) is 24.1 Å². The van der Waals surface area contributed by atoms with Crippen molar-refractivity contribution >= 4 is 6.03 Å². The van der Waals surface area contributed by atoms with Gasteiger partial charge in [-0.3, -0.25) is 0 Å². The summed E-state index contributed by atoms with van der Waals surface area (Å²) >= 11 is 0. The van der Waals surface area contributed by atoms with Gasteiger partial charge in [0.1, 0.15) is 11.9 Å². The van der Waals surface area contributed by atoms with E-state index in [0.717, 1.165) is 44.9 Å². The van der Waals surface area contributed by atoms with Crippen molar-refractivity contribution < 1.29 is 9.53 Å². The fraction of sp³-hybridized carbons (Fsp3) is 0.667. The fourth-order valence-electron chi connectivity index (χ4n) is 2.82. The molecule has 0 aromatic heterocycles. The first-order valence-electron chi connectivity index (χ1n) is 7.72. The van der Waals surface area contributed by atoms with Crippen LogP contribution in [0.4, 0.5) is 4.79 Å². The van der Waals surface area contributed by atoms with Crippen LogP contribution in [0.3, 0.4) is 0 Å². The number of urea groups is 1. The van der Waals surface area contributed by atoms with Crippen LogP contribution in [0.1, 0.15) is 6.42 Å². The molecule has 2 fully saturated rings. The van der Waals surface area contributed by atoms with Gasteiger partial charge in [0.2, 0.25) is 0 Å². The van der Waals surface area contributed by atoms with Gasteiger partial charge in [0.05, 0.1) is 13.1 Å². The van der Waals surface area contributed by atoms with E-state index in [2.05, 4.69) is 16.3 Å². The molecular weight excluding hydrogens is 268 g/mol. The van der Waals surface area contributed by atoms with Crippen molar-refractivity contribution in [1.82, 2.24) is 20.0 Å². The molecule has 116 valence electrons. The molecule has 3 rings (SSSR count). The summed E-state index contributed by atoms with van der Waals surface area (Å²) in [6, 6.07) is 0.156. The van der Waals surface area contributed by atoms with Crippen LogP contribution in [0.2, 0.25) is 0 Å². The number of likely N-dealkylation sites (N-methyl/N-ethyl adjacent to an activating group) is 1. The summed E-state index contributed by atoms with van der Waals surface area (Å²) in [6.45, 7) is 5.86. The highest BCUT2D eigenvalue weighted by Gasteiger charge is 2.35. The monoisotopic (exact) mass is 292 g/mol. The third-order valence-corrected chi connectivity index (χ3v) is 4.06. The third kappa shape index (κ3) is 3.50. The van der Waals surface area contributed by atoms with Gasteiger partial charge in [-0.05, 0) is 19.0 Å². The number of allylic oxidation sites excluding steroid dienone is 1. The minimum Gasteiger partial charge on any atom is -0.485 e. The lowest BCUT2D eigenvalue weighted by atomic mass is 10.1. The van der Waals surface area contributed by atoms with Crippen molar-refractivity contribution in [2.24, 2.45) is 0 Å². The number of hydrogen-bond acceptors (Lipinski definition) is 4. The molecule has 21 heavy (non-hydrogen) atoms.